The Morgan fingerprint density at radius 3 is 1.75 bits per heavy atom. The normalized spacial score (nSPS) is 14.0. The number of aliphatic hydroxyl groups is 1. The molecule has 0 bridgehead atoms. The number of unbranched alkanes of at least 4 members (excludes halogenated alkanes) is 1. The molecule has 170 valence electrons. The van der Waals surface area contributed by atoms with Gasteiger partial charge >= 0.3 is 0 Å². The molecule has 3 aromatic rings. The first-order chi connectivity index (χ1) is 17.0. The van der Waals surface area contributed by atoms with E-state index >= 15 is 0 Å². The second-order valence-electron chi connectivity index (χ2n) is 7.49. The number of aryl methyl sites for hydroxylation is 1. The lowest BCUT2D eigenvalue weighted by Gasteiger charge is -2.31. The van der Waals surface area contributed by atoms with Crippen molar-refractivity contribution in [2.24, 2.45) is 0 Å². The predicted octanol–water partition coefficient (Wildman–Crippen LogP) is 6.12. The number of methoxy groups -OCH3 is 3. The summed E-state index contributed by atoms with van der Waals surface area (Å²) in [6, 6.07) is 18.8. The van der Waals surface area contributed by atoms with Gasteiger partial charge in [-0.25, -0.2) is 0 Å². The first-order valence-electron chi connectivity index (χ1n) is 12.8. The highest BCUT2D eigenvalue weighted by atomic mass is 16.5. The van der Waals surface area contributed by atoms with Crippen LogP contribution in [0.15, 0.2) is 66.7 Å². The molecule has 4 heteroatoms. The summed E-state index contributed by atoms with van der Waals surface area (Å²) in [6.45, 7) is 1.94. The molecule has 0 fully saturated rings. The van der Waals surface area contributed by atoms with Crippen molar-refractivity contribution in [1.82, 2.24) is 0 Å². The van der Waals surface area contributed by atoms with Gasteiger partial charge in [0.2, 0.25) is 0 Å². The fourth-order valence-corrected chi connectivity index (χ4v) is 3.62. The zero-order valence-corrected chi connectivity index (χ0v) is 19.1. The van der Waals surface area contributed by atoms with Gasteiger partial charge in [0.25, 0.3) is 0 Å². The second-order valence-corrected chi connectivity index (χ2v) is 7.49. The van der Waals surface area contributed by atoms with E-state index < -0.39 is 18.3 Å². The molecule has 3 rings (SSSR count). The molecule has 0 saturated heterocycles. The van der Waals surface area contributed by atoms with Crippen LogP contribution in [0.3, 0.4) is 0 Å². The van der Waals surface area contributed by atoms with Crippen LogP contribution < -0.4 is 14.2 Å². The van der Waals surface area contributed by atoms with E-state index in [1.165, 1.54) is 13.2 Å². The van der Waals surface area contributed by atoms with Gasteiger partial charge in [-0.05, 0) is 71.4 Å². The van der Waals surface area contributed by atoms with Crippen LogP contribution in [0, 0.1) is 0 Å². The molecule has 0 saturated carbocycles. The zero-order chi connectivity index (χ0) is 26.6. The Morgan fingerprint density at radius 1 is 0.750 bits per heavy atom. The first kappa shape index (κ1) is 18.6. The monoisotopic (exact) mass is 438 g/mol. The topological polar surface area (TPSA) is 47.9 Å². The van der Waals surface area contributed by atoms with E-state index in [0.717, 1.165) is 6.42 Å². The standard InChI is InChI=1S/C28H34O4/c1-5-6-7-8-9-21-20-24(14-19-27(21)32-4)28(29,22-10-15-25(30-2)16-11-22)23-12-17-26(31-3)18-13-23/h10-20,29H,5-9H2,1-4H3/i8D2,9D2. The highest BCUT2D eigenvalue weighted by molar-refractivity contribution is 5.51. The Morgan fingerprint density at radius 2 is 1.28 bits per heavy atom. The second kappa shape index (κ2) is 11.1. The molecule has 0 spiro atoms. The van der Waals surface area contributed by atoms with E-state index in [9.17, 15) is 5.11 Å². The Bertz CT molecular complexity index is 1100. The number of hydrogen-bond acceptors (Lipinski definition) is 4. The molecule has 32 heavy (non-hydrogen) atoms. The smallest absolute Gasteiger partial charge is 0.140 e. The van der Waals surface area contributed by atoms with Gasteiger partial charge in [-0.15, -0.1) is 0 Å². The van der Waals surface area contributed by atoms with E-state index in [0.29, 0.717) is 34.6 Å². The van der Waals surface area contributed by atoms with Crippen LogP contribution in [0.5, 0.6) is 17.2 Å². The maximum Gasteiger partial charge on any atom is 0.140 e. The van der Waals surface area contributed by atoms with Gasteiger partial charge in [-0.2, -0.15) is 0 Å². The third kappa shape index (κ3) is 5.08. The summed E-state index contributed by atoms with van der Waals surface area (Å²) < 4.78 is 50.7. The lowest BCUT2D eigenvalue weighted by atomic mass is 9.79. The van der Waals surface area contributed by atoms with Crippen molar-refractivity contribution in [3.8, 4) is 17.2 Å². The molecule has 0 aromatic heterocycles. The molecule has 0 aliphatic rings. The largest absolute Gasteiger partial charge is 0.497 e. The number of benzene rings is 3. The van der Waals surface area contributed by atoms with Crippen LogP contribution in [0.25, 0.3) is 0 Å². The van der Waals surface area contributed by atoms with E-state index in [1.54, 1.807) is 74.9 Å². The average Bonchev–Trinajstić information content (AvgIpc) is 2.91. The van der Waals surface area contributed by atoms with Gasteiger partial charge in [0, 0.05) is 5.48 Å². The van der Waals surface area contributed by atoms with Crippen LogP contribution >= 0.6 is 0 Å². The molecule has 0 heterocycles. The average molecular weight is 439 g/mol. The van der Waals surface area contributed by atoms with Gasteiger partial charge in [-0.3, -0.25) is 0 Å². The van der Waals surface area contributed by atoms with E-state index in [-0.39, 0.29) is 17.7 Å². The first-order valence-corrected chi connectivity index (χ1v) is 10.8. The van der Waals surface area contributed by atoms with E-state index in [2.05, 4.69) is 0 Å². The van der Waals surface area contributed by atoms with Crippen molar-refractivity contribution in [2.45, 2.75) is 44.5 Å². The number of hydrogen-bond donors (Lipinski definition) is 1. The molecular formula is C28H34O4. The molecule has 0 aliphatic heterocycles. The SMILES string of the molecule is [2H]C([2H])(CCCC)C([2H])([2H])c1cc(C(O)(c2ccc(OC)cc2)c2ccc(OC)cc2)ccc1OC. The minimum Gasteiger partial charge on any atom is -0.497 e. The molecule has 1 N–H and O–H groups in total. The lowest BCUT2D eigenvalue weighted by Crippen LogP contribution is -2.29. The van der Waals surface area contributed by atoms with E-state index in [4.69, 9.17) is 19.7 Å². The van der Waals surface area contributed by atoms with Gasteiger partial charge in [0.05, 0.1) is 21.3 Å². The van der Waals surface area contributed by atoms with E-state index in [1.807, 2.05) is 6.92 Å². The molecule has 3 aromatic carbocycles. The molecule has 4 nitrogen and oxygen atoms in total. The molecule has 0 aliphatic carbocycles. The number of ether oxygens (including phenoxy) is 3. The summed E-state index contributed by atoms with van der Waals surface area (Å²) in [5.41, 5.74) is -0.169. The fourth-order valence-electron chi connectivity index (χ4n) is 3.62. The lowest BCUT2D eigenvalue weighted by molar-refractivity contribution is 0.125. The molecule has 0 radical (unpaired) electrons. The maximum absolute atomic E-state index is 12.3. The van der Waals surface area contributed by atoms with Gasteiger partial charge in [0.1, 0.15) is 22.8 Å². The Balaban J connectivity index is 2.25. The van der Waals surface area contributed by atoms with Crippen molar-refractivity contribution < 1.29 is 24.8 Å². The predicted molar refractivity (Wildman–Crippen MR) is 129 cm³/mol. The summed E-state index contributed by atoms with van der Waals surface area (Å²) >= 11 is 0. The van der Waals surface area contributed by atoms with Crippen molar-refractivity contribution in [3.63, 3.8) is 0 Å². The van der Waals surface area contributed by atoms with Crippen LogP contribution in [-0.2, 0) is 12.0 Å². The summed E-state index contributed by atoms with van der Waals surface area (Å²) in [6.07, 6.45) is -3.15. The van der Waals surface area contributed by atoms with Gasteiger partial charge < -0.3 is 19.3 Å². The quantitative estimate of drug-likeness (QED) is 0.366. The minimum atomic E-state index is -2.37. The van der Waals surface area contributed by atoms with Crippen molar-refractivity contribution in [3.05, 3.63) is 89.0 Å². The van der Waals surface area contributed by atoms with Crippen LogP contribution in [0.2, 0.25) is 0 Å². The number of rotatable bonds is 11. The third-order valence-electron chi connectivity index (χ3n) is 5.51. The third-order valence-corrected chi connectivity index (χ3v) is 5.51. The fraction of sp³-hybridized carbons (Fsp3) is 0.357. The summed E-state index contributed by atoms with van der Waals surface area (Å²) in [7, 11) is 4.55. The molecule has 0 unspecified atom stereocenters. The Labute approximate surface area is 197 Å². The van der Waals surface area contributed by atoms with Crippen LogP contribution in [0.1, 0.15) is 60.3 Å². The van der Waals surface area contributed by atoms with Gasteiger partial charge in [-0.1, -0.05) is 56.5 Å². The van der Waals surface area contributed by atoms with Crippen LogP contribution in [0.4, 0.5) is 0 Å². The molecular weight excluding hydrogens is 400 g/mol. The van der Waals surface area contributed by atoms with Crippen molar-refractivity contribution in [2.75, 3.05) is 21.3 Å². The molecule has 0 atom stereocenters. The zero-order valence-electron chi connectivity index (χ0n) is 23.1. The highest BCUT2D eigenvalue weighted by Gasteiger charge is 2.34. The summed E-state index contributed by atoms with van der Waals surface area (Å²) in [4.78, 5) is 0. The molecule has 0 amide bonds. The summed E-state index contributed by atoms with van der Waals surface area (Å²) in [5.74, 6) is 1.48. The van der Waals surface area contributed by atoms with Crippen molar-refractivity contribution in [1.29, 1.82) is 0 Å². The Kier molecular flexibility index (Phi) is 6.42. The maximum atomic E-state index is 12.3. The summed E-state index contributed by atoms with van der Waals surface area (Å²) in [5, 5.41) is 12.3. The Hall–Kier alpha value is -2.98. The minimum absolute atomic E-state index is 0.0454. The van der Waals surface area contributed by atoms with Crippen molar-refractivity contribution >= 4 is 0 Å². The highest BCUT2D eigenvalue weighted by Crippen LogP contribution is 2.39. The van der Waals surface area contributed by atoms with Gasteiger partial charge in [0.15, 0.2) is 0 Å². The van der Waals surface area contributed by atoms with Crippen LogP contribution in [-0.4, -0.2) is 26.4 Å².